The van der Waals surface area contributed by atoms with E-state index >= 15 is 0 Å². The molecule has 0 bridgehead atoms. The first kappa shape index (κ1) is 29.5. The molecule has 0 saturated heterocycles. The number of nitrogens with zero attached hydrogens (tertiary/aromatic N) is 3. The Morgan fingerprint density at radius 2 is 1.58 bits per heavy atom. The van der Waals surface area contributed by atoms with Crippen molar-refractivity contribution in [1.82, 2.24) is 19.5 Å². The zero-order valence-corrected chi connectivity index (χ0v) is 17.8. The monoisotopic (exact) mass is 498 g/mol. The number of aryl methyl sites for hydroxylation is 2. The van der Waals surface area contributed by atoms with Crippen molar-refractivity contribution in [1.29, 1.82) is 0 Å². The normalized spacial score (nSPS) is 14.2. The third-order valence-electron chi connectivity index (χ3n) is 4.57. The van der Waals surface area contributed by atoms with Gasteiger partial charge in [0.1, 0.15) is 18.3 Å². The zero-order chi connectivity index (χ0) is 24.4. The molecule has 1 aromatic rings. The maximum absolute atomic E-state index is 12.2. The first-order chi connectivity index (χ1) is 14.7. The van der Waals surface area contributed by atoms with Crippen LogP contribution in [0.1, 0.15) is 11.1 Å². The van der Waals surface area contributed by atoms with Crippen LogP contribution in [0.15, 0.2) is 21.7 Å². The van der Waals surface area contributed by atoms with Crippen LogP contribution in [0.4, 0.5) is 0 Å². The Morgan fingerprint density at radius 3 is 2.12 bits per heavy atom. The van der Waals surface area contributed by atoms with Gasteiger partial charge in [-0.2, -0.15) is 4.98 Å². The molecule has 2 heterocycles. The van der Waals surface area contributed by atoms with Crippen molar-refractivity contribution in [3.8, 4) is 11.5 Å². The van der Waals surface area contributed by atoms with Crippen LogP contribution in [0, 0.1) is 13.8 Å². The number of hydrogen-bond donors (Lipinski definition) is 8. The molecule has 0 aliphatic carbocycles. The molecule has 0 unspecified atom stereocenters. The van der Waals surface area contributed by atoms with Gasteiger partial charge in [0.15, 0.2) is 11.5 Å². The first-order valence-corrected chi connectivity index (χ1v) is 10.6. The van der Waals surface area contributed by atoms with E-state index in [4.69, 9.17) is 24.4 Å². The van der Waals surface area contributed by atoms with E-state index in [9.17, 15) is 24.9 Å². The molecule has 33 heavy (non-hydrogen) atoms. The fourth-order valence-corrected chi connectivity index (χ4v) is 2.89. The minimum atomic E-state index is -4.64. The molecule has 0 amide bonds. The van der Waals surface area contributed by atoms with Crippen molar-refractivity contribution < 1.29 is 39.7 Å². The van der Waals surface area contributed by atoms with Crippen LogP contribution >= 0.6 is 7.82 Å². The van der Waals surface area contributed by atoms with Gasteiger partial charge in [-0.1, -0.05) is 0 Å². The molecule has 8 N–H and O–H groups in total. The molecule has 14 nitrogen and oxygen atoms in total. The number of hydrogen-bond acceptors (Lipinski definition) is 9. The number of benzene rings is 1. The van der Waals surface area contributed by atoms with Gasteiger partial charge in [-0.05, 0) is 37.1 Å². The average molecular weight is 498 g/mol. The van der Waals surface area contributed by atoms with Gasteiger partial charge in [-0.15, -0.1) is 0 Å². The van der Waals surface area contributed by atoms with Crippen LogP contribution in [0.3, 0.4) is 0 Å². The molecule has 0 spiro atoms. The molecule has 0 fully saturated rings. The second-order valence-corrected chi connectivity index (χ2v) is 8.04. The Bertz CT molecular complexity index is 1230. The van der Waals surface area contributed by atoms with Crippen molar-refractivity contribution in [2.75, 3.05) is 6.61 Å². The molecule has 2 aliphatic heterocycles. The van der Waals surface area contributed by atoms with Crippen LogP contribution < -0.4 is 11.2 Å². The molecule has 0 aromatic heterocycles. The van der Waals surface area contributed by atoms with E-state index in [1.54, 1.807) is 12.1 Å². The Kier molecular flexibility index (Phi) is 10.5. The van der Waals surface area contributed by atoms with Crippen LogP contribution in [-0.2, 0) is 11.1 Å². The second-order valence-electron chi connectivity index (χ2n) is 7.01. The third-order valence-corrected chi connectivity index (χ3v) is 4.57. The molecular formula is C17H24N4NaO10P. The van der Waals surface area contributed by atoms with Crippen LogP contribution in [0.2, 0.25) is 0 Å². The molecule has 178 valence electrons. The van der Waals surface area contributed by atoms with Crippen molar-refractivity contribution >= 4 is 48.4 Å². The van der Waals surface area contributed by atoms with Gasteiger partial charge in [-0.25, -0.2) is 14.3 Å². The molecule has 1 aromatic carbocycles. The Balaban J connectivity index is 0.000000821. The van der Waals surface area contributed by atoms with Crippen molar-refractivity contribution in [3.05, 3.63) is 44.1 Å². The van der Waals surface area contributed by atoms with E-state index in [-0.39, 0.29) is 47.6 Å². The number of aliphatic hydroxyl groups is 4. The summed E-state index contributed by atoms with van der Waals surface area (Å²) in [6.45, 7) is 2.73. The van der Waals surface area contributed by atoms with Crippen LogP contribution in [0.25, 0.3) is 22.6 Å². The van der Waals surface area contributed by atoms with Gasteiger partial charge in [0.25, 0.3) is 5.56 Å². The molecular weight excluding hydrogens is 474 g/mol. The quantitative estimate of drug-likeness (QED) is 0.0980. The Labute approximate surface area is 208 Å². The van der Waals surface area contributed by atoms with Crippen molar-refractivity contribution in [2.24, 2.45) is 0 Å². The summed E-state index contributed by atoms with van der Waals surface area (Å²) >= 11 is 0. The minimum absolute atomic E-state index is 0. The number of aliphatic hydroxyl groups excluding tert-OH is 4. The standard InChI is InChI=1S/C17H20N4O6.Na.H3O4P.H/c1-7-3-9-10(4-8(7)2)21(5-11(23)14(25)12(24)6-22)15-13(18-9)16(26)20-17(27)19-15;;1-5(2,3)4;/h3-4,11-12,14,22-25H,5-6H2,1-2H3,(H,20,26,27);;(H3,1,2,3,4);/t11-,12+,14-;;;/m0.../s1. The van der Waals surface area contributed by atoms with Crippen molar-refractivity contribution in [2.45, 2.75) is 38.7 Å². The number of fused-ring (bicyclic) bond motifs is 2. The second kappa shape index (κ2) is 11.7. The molecule has 16 heteroatoms. The van der Waals surface area contributed by atoms with Crippen LogP contribution in [0.5, 0.6) is 0 Å². The van der Waals surface area contributed by atoms with Gasteiger partial charge in [0.05, 0.1) is 24.2 Å². The topological polar surface area (TPSA) is 239 Å². The molecule has 2 aliphatic rings. The van der Waals surface area contributed by atoms with E-state index in [2.05, 4.69) is 15.0 Å². The van der Waals surface area contributed by atoms with E-state index in [1.165, 1.54) is 4.57 Å². The summed E-state index contributed by atoms with van der Waals surface area (Å²) in [5.41, 5.74) is 1.11. The number of aromatic nitrogens is 4. The van der Waals surface area contributed by atoms with Gasteiger partial charge in [-0.3, -0.25) is 9.78 Å². The predicted molar refractivity (Wildman–Crippen MR) is 117 cm³/mol. The fraction of sp³-hybridized carbons (Fsp3) is 0.412. The van der Waals surface area contributed by atoms with E-state index in [1.807, 2.05) is 13.8 Å². The zero-order valence-electron chi connectivity index (χ0n) is 16.9. The summed E-state index contributed by atoms with van der Waals surface area (Å²) in [6.07, 6.45) is -4.68. The molecule has 3 atom stereocenters. The van der Waals surface area contributed by atoms with Gasteiger partial charge in [0.2, 0.25) is 0 Å². The van der Waals surface area contributed by atoms with Crippen LogP contribution in [-0.4, -0.2) is 109 Å². The Hall–Kier alpha value is -1.55. The fourth-order valence-electron chi connectivity index (χ4n) is 2.89. The van der Waals surface area contributed by atoms with Crippen molar-refractivity contribution in [3.63, 3.8) is 0 Å². The first-order valence-electron chi connectivity index (χ1n) is 9.08. The van der Waals surface area contributed by atoms with Gasteiger partial charge in [0, 0.05) is 0 Å². The average Bonchev–Trinajstić information content (AvgIpc) is 2.67. The number of H-pyrrole nitrogens is 1. The summed E-state index contributed by atoms with van der Waals surface area (Å²) in [6, 6.07) is 3.53. The maximum atomic E-state index is 12.2. The SMILES string of the molecule is Cc1cc2nc3c(=O)[nH]c(=O)nc-3n(C[C@H](O)[C@H](O)[C@H](O)CO)c2cc1C.O=P(O)(O)O.[NaH]. The van der Waals surface area contributed by atoms with E-state index in [0.717, 1.165) is 11.1 Å². The van der Waals surface area contributed by atoms with E-state index < -0.39 is 44.0 Å². The Morgan fingerprint density at radius 1 is 1.03 bits per heavy atom. The molecule has 0 saturated carbocycles. The van der Waals surface area contributed by atoms with E-state index in [0.29, 0.717) is 11.0 Å². The predicted octanol–water partition coefficient (Wildman–Crippen LogP) is -3.30. The summed E-state index contributed by atoms with van der Waals surface area (Å²) in [5.74, 6) is -0.0516. The third kappa shape index (κ3) is 7.73. The summed E-state index contributed by atoms with van der Waals surface area (Å²) in [7, 11) is -4.64. The summed E-state index contributed by atoms with van der Waals surface area (Å²) in [4.78, 5) is 55.6. The molecule has 3 rings (SSSR count). The molecule has 0 radical (unpaired) electrons. The number of aromatic amines is 1. The number of rotatable bonds is 5. The number of nitrogens with one attached hydrogen (secondary N) is 1. The van der Waals surface area contributed by atoms with Gasteiger partial charge < -0.3 is 39.7 Å². The number of phosphoric acid groups is 1. The van der Waals surface area contributed by atoms with Gasteiger partial charge >= 0.3 is 43.1 Å². The summed E-state index contributed by atoms with van der Waals surface area (Å²) < 4.78 is 10.3. The summed E-state index contributed by atoms with van der Waals surface area (Å²) in [5, 5.41) is 38.8.